The first kappa shape index (κ1) is 30.1. The molecule has 2 atom stereocenters. The summed E-state index contributed by atoms with van der Waals surface area (Å²) in [5.41, 5.74) is 1.30. The molecule has 0 aromatic heterocycles. The highest BCUT2D eigenvalue weighted by Gasteiger charge is 2.27. The maximum Gasteiger partial charge on any atom is 0.201 e. The minimum atomic E-state index is -1.03. The lowest BCUT2D eigenvalue weighted by atomic mass is 9.90. The third-order valence-corrected chi connectivity index (χ3v) is 7.85. The van der Waals surface area contributed by atoms with E-state index in [9.17, 15) is 8.78 Å². The first-order valence-electron chi connectivity index (χ1n) is 14.8. The lowest BCUT2D eigenvalue weighted by Gasteiger charge is -2.29. The lowest BCUT2D eigenvalue weighted by molar-refractivity contribution is -0.0218. The van der Waals surface area contributed by atoms with Gasteiger partial charge in [-0.2, -0.15) is 4.39 Å². The Morgan fingerprint density at radius 3 is 1.93 bits per heavy atom. The van der Waals surface area contributed by atoms with Crippen molar-refractivity contribution >= 4 is 0 Å². The van der Waals surface area contributed by atoms with E-state index in [0.29, 0.717) is 36.7 Å². The number of rotatable bonds is 13. The molecule has 0 saturated carbocycles. The van der Waals surface area contributed by atoms with Gasteiger partial charge in [-0.1, -0.05) is 88.8 Å². The van der Waals surface area contributed by atoms with Gasteiger partial charge in [0.1, 0.15) is 0 Å². The van der Waals surface area contributed by atoms with E-state index in [-0.39, 0.29) is 22.4 Å². The molecule has 2 nitrogen and oxygen atoms in total. The van der Waals surface area contributed by atoms with Crippen LogP contribution in [0.1, 0.15) is 89.7 Å². The van der Waals surface area contributed by atoms with E-state index in [2.05, 4.69) is 13.8 Å². The summed E-state index contributed by atoms with van der Waals surface area (Å²) in [6, 6.07) is 12.4. The maximum absolute atomic E-state index is 15.2. The Balaban J connectivity index is 1.43. The number of benzene rings is 3. The second-order valence-corrected chi connectivity index (χ2v) is 10.8. The van der Waals surface area contributed by atoms with E-state index in [1.165, 1.54) is 31.4 Å². The van der Waals surface area contributed by atoms with Gasteiger partial charge in [-0.05, 0) is 54.9 Å². The largest absolute Gasteiger partial charge is 0.490 e. The van der Waals surface area contributed by atoms with Crippen LogP contribution in [0.4, 0.5) is 17.6 Å². The molecule has 1 heterocycles. The summed E-state index contributed by atoms with van der Waals surface area (Å²) in [5.74, 6) is -3.49. The number of hydrogen-bond acceptors (Lipinski definition) is 2. The molecule has 3 aromatic carbocycles. The Bertz CT molecular complexity index is 1230. The second kappa shape index (κ2) is 14.7. The molecule has 40 heavy (non-hydrogen) atoms. The van der Waals surface area contributed by atoms with Gasteiger partial charge < -0.3 is 9.47 Å². The quantitative estimate of drug-likeness (QED) is 0.154. The molecule has 4 rings (SSSR count). The molecule has 3 aromatic rings. The second-order valence-electron chi connectivity index (χ2n) is 10.8. The highest BCUT2D eigenvalue weighted by atomic mass is 19.2. The average molecular weight is 557 g/mol. The summed E-state index contributed by atoms with van der Waals surface area (Å²) in [7, 11) is 0. The molecule has 0 radical (unpaired) electrons. The summed E-state index contributed by atoms with van der Waals surface area (Å²) in [6.45, 7) is 5.18. The Morgan fingerprint density at radius 1 is 0.675 bits per heavy atom. The minimum absolute atomic E-state index is 0.0758. The monoisotopic (exact) mass is 556 g/mol. The zero-order chi connectivity index (χ0) is 28.5. The molecule has 0 bridgehead atoms. The van der Waals surface area contributed by atoms with Crippen LogP contribution in [0.15, 0.2) is 48.5 Å². The first-order chi connectivity index (χ1) is 19.4. The van der Waals surface area contributed by atoms with E-state index in [1.807, 2.05) is 0 Å². The summed E-state index contributed by atoms with van der Waals surface area (Å²) >= 11 is 0. The summed E-state index contributed by atoms with van der Waals surface area (Å²) in [4.78, 5) is 0. The van der Waals surface area contributed by atoms with Crippen LogP contribution in [-0.4, -0.2) is 13.2 Å². The van der Waals surface area contributed by atoms with Crippen molar-refractivity contribution in [2.75, 3.05) is 13.2 Å². The zero-order valence-electron chi connectivity index (χ0n) is 23.6. The van der Waals surface area contributed by atoms with Crippen LogP contribution < -0.4 is 4.74 Å². The lowest BCUT2D eigenvalue weighted by Crippen LogP contribution is -2.21. The summed E-state index contributed by atoms with van der Waals surface area (Å²) in [5, 5.41) is 0. The smallest absolute Gasteiger partial charge is 0.201 e. The predicted molar refractivity (Wildman–Crippen MR) is 152 cm³/mol. The van der Waals surface area contributed by atoms with Crippen LogP contribution in [0.5, 0.6) is 5.75 Å². The van der Waals surface area contributed by atoms with Crippen molar-refractivity contribution in [3.63, 3.8) is 0 Å². The topological polar surface area (TPSA) is 18.5 Å². The van der Waals surface area contributed by atoms with Gasteiger partial charge in [-0.3, -0.25) is 0 Å². The average Bonchev–Trinajstić information content (AvgIpc) is 2.97. The fourth-order valence-corrected chi connectivity index (χ4v) is 5.40. The molecule has 0 N–H and O–H groups in total. The third-order valence-electron chi connectivity index (χ3n) is 7.85. The number of hydrogen-bond donors (Lipinski definition) is 0. The Hall–Kier alpha value is -2.86. The van der Waals surface area contributed by atoms with Crippen molar-refractivity contribution in [1.82, 2.24) is 0 Å². The Morgan fingerprint density at radius 2 is 1.30 bits per heavy atom. The van der Waals surface area contributed by atoms with Crippen molar-refractivity contribution in [2.24, 2.45) is 5.92 Å². The van der Waals surface area contributed by atoms with Crippen LogP contribution in [0.3, 0.4) is 0 Å². The summed E-state index contributed by atoms with van der Waals surface area (Å²) < 4.78 is 71.2. The first-order valence-corrected chi connectivity index (χ1v) is 14.8. The third kappa shape index (κ3) is 7.25. The van der Waals surface area contributed by atoms with Crippen LogP contribution in [0.25, 0.3) is 22.3 Å². The predicted octanol–water partition coefficient (Wildman–Crippen LogP) is 10.6. The Labute approximate surface area is 235 Å². The molecule has 0 amide bonds. The summed E-state index contributed by atoms with van der Waals surface area (Å²) in [6.07, 6.45) is 9.75. The van der Waals surface area contributed by atoms with Gasteiger partial charge in [-0.15, -0.1) is 0 Å². The standard InChI is InChI=1S/C34H40F4O2/c1-3-5-7-9-21-39-30-20-18-27(32(36)34(30)38)25-14-12-24(13-15-25)26-16-17-28(33(37)31(26)35)29-19-11-23(22-40-29)10-8-6-4-2/h12-18,20,23,29H,3-11,19,21-22H2,1-2H3. The molecule has 2 unspecified atom stereocenters. The molecule has 1 saturated heterocycles. The maximum atomic E-state index is 15.2. The fourth-order valence-electron chi connectivity index (χ4n) is 5.40. The molecular formula is C34H40F4O2. The fraction of sp³-hybridized carbons (Fsp3) is 0.471. The minimum Gasteiger partial charge on any atom is -0.490 e. The molecule has 0 spiro atoms. The molecule has 1 fully saturated rings. The normalized spacial score (nSPS) is 17.2. The van der Waals surface area contributed by atoms with Gasteiger partial charge in [-0.25, -0.2) is 13.2 Å². The van der Waals surface area contributed by atoms with Crippen molar-refractivity contribution in [2.45, 2.75) is 84.2 Å². The highest BCUT2D eigenvalue weighted by molar-refractivity contribution is 5.71. The van der Waals surface area contributed by atoms with Crippen LogP contribution in [0, 0.1) is 29.2 Å². The van der Waals surface area contributed by atoms with E-state index in [1.54, 1.807) is 36.4 Å². The van der Waals surface area contributed by atoms with Gasteiger partial charge in [0, 0.05) is 16.7 Å². The number of halogens is 4. The van der Waals surface area contributed by atoms with Crippen molar-refractivity contribution in [3.05, 3.63) is 77.4 Å². The van der Waals surface area contributed by atoms with E-state index in [4.69, 9.17) is 9.47 Å². The van der Waals surface area contributed by atoms with Gasteiger partial charge in [0.25, 0.3) is 0 Å². The highest BCUT2D eigenvalue weighted by Crippen LogP contribution is 2.37. The van der Waals surface area contributed by atoms with Crippen LogP contribution >= 0.6 is 0 Å². The van der Waals surface area contributed by atoms with Gasteiger partial charge in [0.2, 0.25) is 5.82 Å². The molecule has 0 aliphatic carbocycles. The van der Waals surface area contributed by atoms with E-state index >= 15 is 8.78 Å². The van der Waals surface area contributed by atoms with Crippen LogP contribution in [0.2, 0.25) is 0 Å². The van der Waals surface area contributed by atoms with Crippen molar-refractivity contribution in [1.29, 1.82) is 0 Å². The molecule has 6 heteroatoms. The van der Waals surface area contributed by atoms with Gasteiger partial charge >= 0.3 is 0 Å². The Kier molecular flexibility index (Phi) is 11.0. The molecule has 1 aliphatic heterocycles. The van der Waals surface area contributed by atoms with E-state index in [0.717, 1.165) is 38.5 Å². The van der Waals surface area contributed by atoms with Crippen LogP contribution in [-0.2, 0) is 4.74 Å². The van der Waals surface area contributed by atoms with Crippen molar-refractivity contribution in [3.8, 4) is 28.0 Å². The number of ether oxygens (including phenoxy) is 2. The molecular weight excluding hydrogens is 516 g/mol. The van der Waals surface area contributed by atoms with Gasteiger partial charge in [0.05, 0.1) is 19.3 Å². The number of unbranched alkanes of at least 4 members (excludes halogenated alkanes) is 5. The van der Waals surface area contributed by atoms with E-state index < -0.39 is 29.4 Å². The molecule has 1 aliphatic rings. The molecule has 216 valence electrons. The van der Waals surface area contributed by atoms with Crippen molar-refractivity contribution < 1.29 is 27.0 Å². The van der Waals surface area contributed by atoms with Gasteiger partial charge in [0.15, 0.2) is 23.2 Å². The SMILES string of the molecule is CCCCCCOc1ccc(-c2ccc(-c3ccc(C4CCC(CCCCC)CO4)c(F)c3F)cc2)c(F)c1F. The zero-order valence-corrected chi connectivity index (χ0v) is 23.6.